The smallest absolute Gasteiger partial charge is 0.224 e. The Morgan fingerprint density at radius 1 is 0.571 bits per heavy atom. The first-order chi connectivity index (χ1) is 23.3. The van der Waals surface area contributed by atoms with Gasteiger partial charge in [0.2, 0.25) is 11.8 Å². The van der Waals surface area contributed by atoms with Gasteiger partial charge < -0.3 is 60.2 Å². The predicted octanol–water partition coefficient (Wildman–Crippen LogP) is -1.56. The van der Waals surface area contributed by atoms with Crippen molar-refractivity contribution in [2.75, 3.05) is 26.3 Å². The highest BCUT2D eigenvalue weighted by atomic mass is 16.7. The largest absolute Gasteiger partial charge is 0.388 e. The normalized spacial score (nSPS) is 35.8. The Morgan fingerprint density at radius 3 is 1.55 bits per heavy atom. The number of aliphatic hydroxyl groups excluding tert-OH is 6. The zero-order valence-corrected chi connectivity index (χ0v) is 28.6. The van der Waals surface area contributed by atoms with E-state index in [2.05, 4.69) is 10.6 Å². The first-order valence-electron chi connectivity index (χ1n) is 17.5. The van der Waals surface area contributed by atoms with Gasteiger partial charge in [-0.15, -0.1) is 0 Å². The van der Waals surface area contributed by atoms with Crippen molar-refractivity contribution in [3.05, 3.63) is 0 Å². The van der Waals surface area contributed by atoms with Gasteiger partial charge in [-0.1, -0.05) is 12.8 Å². The molecule has 0 aromatic heterocycles. The second kappa shape index (κ2) is 20.1. The molecule has 3 rings (SSSR count). The molecule has 0 bridgehead atoms. The average molecular weight is 705 g/mol. The van der Waals surface area contributed by atoms with Gasteiger partial charge in [0.05, 0.1) is 31.3 Å². The fourth-order valence-electron chi connectivity index (χ4n) is 6.34. The Hall–Kier alpha value is -2.12. The van der Waals surface area contributed by atoms with Crippen LogP contribution in [0.4, 0.5) is 0 Å². The van der Waals surface area contributed by atoms with Crippen LogP contribution in [0, 0.1) is 17.8 Å². The van der Waals surface area contributed by atoms with Crippen molar-refractivity contribution in [3.8, 4) is 0 Å². The van der Waals surface area contributed by atoms with E-state index in [0.29, 0.717) is 32.2 Å². The number of carbonyl (C=O) groups excluding carboxylic acids is 4. The summed E-state index contributed by atoms with van der Waals surface area (Å²) in [6.07, 6.45) is -8.21. The molecule has 0 spiro atoms. The summed E-state index contributed by atoms with van der Waals surface area (Å²) < 4.78 is 21.8. The van der Waals surface area contributed by atoms with E-state index in [-0.39, 0.29) is 56.5 Å². The van der Waals surface area contributed by atoms with Crippen molar-refractivity contribution in [2.24, 2.45) is 17.8 Å². The van der Waals surface area contributed by atoms with Crippen molar-refractivity contribution in [1.29, 1.82) is 0 Å². The van der Waals surface area contributed by atoms with Crippen molar-refractivity contribution >= 4 is 23.4 Å². The summed E-state index contributed by atoms with van der Waals surface area (Å²) in [5, 5.41) is 65.3. The average Bonchev–Trinajstić information content (AvgIpc) is 3.83. The topological polar surface area (TPSA) is 251 Å². The highest BCUT2D eigenvalue weighted by molar-refractivity contribution is 6.03. The van der Waals surface area contributed by atoms with E-state index in [0.717, 1.165) is 12.8 Å². The van der Waals surface area contributed by atoms with Crippen molar-refractivity contribution in [3.63, 3.8) is 0 Å². The molecule has 0 aromatic rings. The number of ketones is 2. The monoisotopic (exact) mass is 704 g/mol. The third-order valence-corrected chi connectivity index (χ3v) is 9.39. The Balaban J connectivity index is 1.46. The van der Waals surface area contributed by atoms with Gasteiger partial charge in [0.25, 0.3) is 0 Å². The molecular formula is C33H56N2O14. The van der Waals surface area contributed by atoms with Gasteiger partial charge in [-0.3, -0.25) is 19.2 Å². The summed E-state index contributed by atoms with van der Waals surface area (Å²) in [6.45, 7) is 5.70. The Morgan fingerprint density at radius 2 is 1.04 bits per heavy atom. The highest BCUT2D eigenvalue weighted by Gasteiger charge is 2.61. The summed E-state index contributed by atoms with van der Waals surface area (Å²) in [5.41, 5.74) is 0. The van der Waals surface area contributed by atoms with E-state index in [4.69, 9.17) is 18.9 Å². The van der Waals surface area contributed by atoms with Crippen LogP contribution in [0.25, 0.3) is 0 Å². The maximum atomic E-state index is 13.2. The third kappa shape index (κ3) is 11.7. The van der Waals surface area contributed by atoms with E-state index < -0.39 is 85.1 Å². The molecule has 2 heterocycles. The number of nitrogens with one attached hydrogen (secondary N) is 2. The minimum atomic E-state index is -1.47. The van der Waals surface area contributed by atoms with Gasteiger partial charge >= 0.3 is 0 Å². The highest BCUT2D eigenvalue weighted by Crippen LogP contribution is 2.49. The van der Waals surface area contributed by atoms with Crippen LogP contribution >= 0.6 is 0 Å². The molecular weight excluding hydrogens is 648 g/mol. The second-order valence-corrected chi connectivity index (χ2v) is 13.2. The van der Waals surface area contributed by atoms with E-state index in [9.17, 15) is 49.8 Å². The molecule has 1 aliphatic carbocycles. The number of rotatable bonds is 21. The van der Waals surface area contributed by atoms with E-state index in [1.54, 1.807) is 0 Å². The molecule has 49 heavy (non-hydrogen) atoms. The molecule has 3 unspecified atom stereocenters. The number of carbonyl (C=O) groups is 4. The third-order valence-electron chi connectivity index (χ3n) is 9.39. The first kappa shape index (κ1) is 41.3. The fourth-order valence-corrected chi connectivity index (χ4v) is 6.34. The molecule has 8 N–H and O–H groups in total. The molecule has 1 saturated carbocycles. The number of hydrogen-bond donors (Lipinski definition) is 8. The molecule has 2 saturated heterocycles. The predicted molar refractivity (Wildman–Crippen MR) is 170 cm³/mol. The van der Waals surface area contributed by atoms with Gasteiger partial charge in [0, 0.05) is 44.2 Å². The lowest BCUT2D eigenvalue weighted by Crippen LogP contribution is -2.57. The van der Waals surface area contributed by atoms with Gasteiger partial charge in [-0.2, -0.15) is 0 Å². The van der Waals surface area contributed by atoms with Crippen molar-refractivity contribution in [2.45, 2.75) is 140 Å². The van der Waals surface area contributed by atoms with E-state index in [1.165, 1.54) is 13.8 Å². The standard InChI is InChI=1S/C33H56N2O14/c1-4-34-21(38)13-8-6-5-7-11-19(36)22-23(20(37)12-9-15-46-32-29(43)27(41)25(39)17(2)48-32)24(22)31(45)35-14-10-16-47-33-30(44)28(42)26(40)18(3)49-33/h17-18,22-30,32-33,39-44H,4-16H2,1-3H3,(H,34,38)(H,35,45)/t17-,18-,22?,23?,24?,25+,26+,27+,28+,29-,30-,32+,33+/m0/s1. The SMILES string of the molecule is CCNC(=O)CCCCCCC(=O)C1C(C(=O)CCCO[C@@H]2O[C@@H](C)[C@@H](O)[C@@H](O)[C@@H]2O)C1C(=O)NCCCO[C@@H]1O[C@@H](C)[C@@H](O)[C@@H](O)[C@@H]1O. The van der Waals surface area contributed by atoms with Crippen LogP contribution in [0.1, 0.15) is 78.6 Å². The Bertz CT molecular complexity index is 1080. The molecule has 0 aromatic carbocycles. The van der Waals surface area contributed by atoms with Gasteiger partial charge in [-0.25, -0.2) is 0 Å². The molecule has 3 aliphatic rings. The number of Topliss-reactive ketones (excluding diaryl/α,β-unsaturated/α-hetero) is 2. The lowest BCUT2D eigenvalue weighted by atomic mass is 10.00. The van der Waals surface area contributed by atoms with Gasteiger partial charge in [-0.05, 0) is 46.5 Å². The lowest BCUT2D eigenvalue weighted by Gasteiger charge is -2.38. The van der Waals surface area contributed by atoms with Crippen molar-refractivity contribution in [1.82, 2.24) is 10.6 Å². The molecule has 0 radical (unpaired) electrons. The van der Waals surface area contributed by atoms with Gasteiger partial charge in [0.15, 0.2) is 12.6 Å². The Kier molecular flexibility index (Phi) is 16.9. The number of hydrogen-bond acceptors (Lipinski definition) is 14. The molecule has 2 amide bonds. The lowest BCUT2D eigenvalue weighted by molar-refractivity contribution is -0.293. The number of aliphatic hydroxyl groups is 6. The van der Waals surface area contributed by atoms with Crippen LogP contribution in [-0.2, 0) is 38.1 Å². The number of ether oxygens (including phenoxy) is 4. The zero-order valence-electron chi connectivity index (χ0n) is 28.6. The summed E-state index contributed by atoms with van der Waals surface area (Å²) in [4.78, 5) is 51.1. The molecule has 3 fully saturated rings. The molecule has 13 atom stereocenters. The van der Waals surface area contributed by atoms with Crippen LogP contribution < -0.4 is 10.6 Å². The van der Waals surface area contributed by atoms with Crippen LogP contribution in [-0.4, -0.2) is 142 Å². The van der Waals surface area contributed by atoms with Crippen LogP contribution in [0.2, 0.25) is 0 Å². The molecule has 16 heteroatoms. The zero-order chi connectivity index (χ0) is 36.2. The summed E-state index contributed by atoms with van der Waals surface area (Å²) in [5.74, 6) is -3.22. The quantitative estimate of drug-likeness (QED) is 0.0630. The van der Waals surface area contributed by atoms with Gasteiger partial charge in [0.1, 0.15) is 48.2 Å². The molecule has 16 nitrogen and oxygen atoms in total. The van der Waals surface area contributed by atoms with Crippen LogP contribution in [0.15, 0.2) is 0 Å². The molecule has 2 aliphatic heterocycles. The molecule has 282 valence electrons. The summed E-state index contributed by atoms with van der Waals surface area (Å²) in [7, 11) is 0. The maximum absolute atomic E-state index is 13.2. The summed E-state index contributed by atoms with van der Waals surface area (Å²) in [6, 6.07) is 0. The minimum absolute atomic E-state index is 0.00432. The maximum Gasteiger partial charge on any atom is 0.224 e. The second-order valence-electron chi connectivity index (χ2n) is 13.2. The Labute approximate surface area is 286 Å². The summed E-state index contributed by atoms with van der Waals surface area (Å²) >= 11 is 0. The van der Waals surface area contributed by atoms with Crippen LogP contribution in [0.5, 0.6) is 0 Å². The number of unbranched alkanes of at least 4 members (excludes halogenated alkanes) is 3. The number of amides is 2. The first-order valence-corrected chi connectivity index (χ1v) is 17.5. The van der Waals surface area contributed by atoms with Crippen LogP contribution in [0.3, 0.4) is 0 Å². The minimum Gasteiger partial charge on any atom is -0.388 e. The van der Waals surface area contributed by atoms with E-state index in [1.807, 2.05) is 6.92 Å². The fraction of sp³-hybridized carbons (Fsp3) is 0.879. The van der Waals surface area contributed by atoms with E-state index >= 15 is 0 Å². The van der Waals surface area contributed by atoms with Crippen molar-refractivity contribution < 1.29 is 68.8 Å².